The second-order valence-corrected chi connectivity index (χ2v) is 4.70. The van der Waals surface area contributed by atoms with Gasteiger partial charge in [0, 0.05) is 23.7 Å². The molecule has 1 aliphatic heterocycles. The van der Waals surface area contributed by atoms with Gasteiger partial charge in [-0.3, -0.25) is 0 Å². The van der Waals surface area contributed by atoms with Gasteiger partial charge < -0.3 is 4.90 Å². The maximum absolute atomic E-state index is 12.6. The molecule has 5 heteroatoms. The standard InChI is InChI=1S/C12H13F3N2/c1-7-11(2,3)8-5-6-9(12(13,14)15)16-10(8)17(7)4/h5-6H,1H2,2-4H3. The zero-order valence-corrected chi connectivity index (χ0v) is 9.89. The highest BCUT2D eigenvalue weighted by molar-refractivity contribution is 5.65. The Balaban J connectivity index is 2.61. The van der Waals surface area contributed by atoms with Gasteiger partial charge >= 0.3 is 6.18 Å². The topological polar surface area (TPSA) is 16.1 Å². The first-order valence-electron chi connectivity index (χ1n) is 5.17. The number of nitrogens with zero attached hydrogens (tertiary/aromatic N) is 2. The van der Waals surface area contributed by atoms with Gasteiger partial charge in [0.05, 0.1) is 0 Å². The van der Waals surface area contributed by atoms with Crippen molar-refractivity contribution >= 4 is 5.82 Å². The van der Waals surface area contributed by atoms with Crippen molar-refractivity contribution in [3.8, 4) is 0 Å². The van der Waals surface area contributed by atoms with E-state index >= 15 is 0 Å². The van der Waals surface area contributed by atoms with Crippen LogP contribution in [0.25, 0.3) is 0 Å². The van der Waals surface area contributed by atoms with Crippen molar-refractivity contribution in [2.45, 2.75) is 25.4 Å². The van der Waals surface area contributed by atoms with Gasteiger partial charge in [0.2, 0.25) is 0 Å². The zero-order chi connectivity index (χ0) is 13.0. The van der Waals surface area contributed by atoms with Crippen LogP contribution in [0.2, 0.25) is 0 Å². The van der Waals surface area contributed by atoms with E-state index in [0.717, 1.165) is 17.3 Å². The molecule has 2 heterocycles. The van der Waals surface area contributed by atoms with E-state index in [1.165, 1.54) is 6.07 Å². The minimum absolute atomic E-state index is 0.342. The average molecular weight is 242 g/mol. The fourth-order valence-electron chi connectivity index (χ4n) is 2.05. The minimum Gasteiger partial charge on any atom is -0.333 e. The maximum Gasteiger partial charge on any atom is 0.433 e. The Labute approximate surface area is 97.8 Å². The molecule has 0 bridgehead atoms. The van der Waals surface area contributed by atoms with Crippen LogP contribution in [0, 0.1) is 0 Å². The highest BCUT2D eigenvalue weighted by Gasteiger charge is 2.41. The summed E-state index contributed by atoms with van der Waals surface area (Å²) in [6.45, 7) is 7.75. The third-order valence-electron chi connectivity index (χ3n) is 3.28. The second-order valence-electron chi connectivity index (χ2n) is 4.70. The van der Waals surface area contributed by atoms with Crippen molar-refractivity contribution in [3.63, 3.8) is 0 Å². The van der Waals surface area contributed by atoms with E-state index in [4.69, 9.17) is 0 Å². The van der Waals surface area contributed by atoms with E-state index in [0.29, 0.717) is 5.82 Å². The predicted molar refractivity (Wildman–Crippen MR) is 59.8 cm³/mol. The molecule has 0 aliphatic carbocycles. The van der Waals surface area contributed by atoms with Crippen LogP contribution in [0.5, 0.6) is 0 Å². The van der Waals surface area contributed by atoms with Crippen molar-refractivity contribution in [3.05, 3.63) is 35.7 Å². The number of anilines is 1. The first-order chi connectivity index (χ1) is 7.65. The first kappa shape index (κ1) is 12.0. The van der Waals surface area contributed by atoms with Crippen LogP contribution in [-0.2, 0) is 11.6 Å². The minimum atomic E-state index is -4.41. The molecule has 17 heavy (non-hydrogen) atoms. The highest BCUT2D eigenvalue weighted by Crippen LogP contribution is 2.45. The molecule has 0 atom stereocenters. The SMILES string of the molecule is C=C1N(C)c2nc(C(F)(F)F)ccc2C1(C)C. The van der Waals surface area contributed by atoms with Crippen molar-refractivity contribution in [1.82, 2.24) is 4.98 Å². The maximum atomic E-state index is 12.6. The van der Waals surface area contributed by atoms with Crippen LogP contribution >= 0.6 is 0 Å². The van der Waals surface area contributed by atoms with Crippen LogP contribution in [0.3, 0.4) is 0 Å². The molecule has 0 N–H and O–H groups in total. The average Bonchev–Trinajstić information content (AvgIpc) is 2.39. The van der Waals surface area contributed by atoms with Gasteiger partial charge in [0.25, 0.3) is 0 Å². The number of halogens is 3. The number of rotatable bonds is 0. The summed E-state index contributed by atoms with van der Waals surface area (Å²) >= 11 is 0. The van der Waals surface area contributed by atoms with Gasteiger partial charge in [-0.05, 0) is 6.07 Å². The molecular formula is C12H13F3N2. The Bertz CT molecular complexity index is 489. The second kappa shape index (κ2) is 3.24. The van der Waals surface area contributed by atoms with E-state index in [9.17, 15) is 13.2 Å². The number of allylic oxidation sites excluding steroid dienone is 1. The molecule has 0 aromatic carbocycles. The fourth-order valence-corrected chi connectivity index (χ4v) is 2.05. The fraction of sp³-hybridized carbons (Fsp3) is 0.417. The van der Waals surface area contributed by atoms with Crippen molar-refractivity contribution in [2.75, 3.05) is 11.9 Å². The molecule has 0 saturated carbocycles. The third-order valence-corrected chi connectivity index (χ3v) is 3.28. The van der Waals surface area contributed by atoms with Gasteiger partial charge in [0.1, 0.15) is 11.5 Å². The van der Waals surface area contributed by atoms with Crippen molar-refractivity contribution in [2.24, 2.45) is 0 Å². The first-order valence-corrected chi connectivity index (χ1v) is 5.17. The molecule has 1 aromatic rings. The number of pyridine rings is 1. The van der Waals surface area contributed by atoms with Gasteiger partial charge in [-0.2, -0.15) is 13.2 Å². The highest BCUT2D eigenvalue weighted by atomic mass is 19.4. The third kappa shape index (κ3) is 1.61. The lowest BCUT2D eigenvalue weighted by Gasteiger charge is -2.21. The number of hydrogen-bond acceptors (Lipinski definition) is 2. The molecule has 0 spiro atoms. The van der Waals surface area contributed by atoms with Crippen LogP contribution in [0.4, 0.5) is 19.0 Å². The summed E-state index contributed by atoms with van der Waals surface area (Å²) in [5.74, 6) is 0.342. The number of alkyl halides is 3. The molecule has 0 fully saturated rings. The Morgan fingerprint density at radius 1 is 1.29 bits per heavy atom. The number of hydrogen-bond donors (Lipinski definition) is 0. The molecule has 0 unspecified atom stereocenters. The van der Waals surface area contributed by atoms with E-state index in [2.05, 4.69) is 11.6 Å². The summed E-state index contributed by atoms with van der Waals surface area (Å²) in [6.07, 6.45) is -4.41. The summed E-state index contributed by atoms with van der Waals surface area (Å²) in [5.41, 5.74) is 0.284. The number of aromatic nitrogens is 1. The van der Waals surface area contributed by atoms with Crippen LogP contribution in [0.1, 0.15) is 25.1 Å². The summed E-state index contributed by atoms with van der Waals surface area (Å²) < 4.78 is 37.7. The Morgan fingerprint density at radius 3 is 2.41 bits per heavy atom. The van der Waals surface area contributed by atoms with Gasteiger partial charge in [-0.25, -0.2) is 4.98 Å². The largest absolute Gasteiger partial charge is 0.433 e. The molecule has 92 valence electrons. The van der Waals surface area contributed by atoms with Gasteiger partial charge in [-0.1, -0.05) is 26.5 Å². The molecular weight excluding hydrogens is 229 g/mol. The Morgan fingerprint density at radius 2 is 1.88 bits per heavy atom. The molecule has 1 aliphatic rings. The molecule has 2 rings (SSSR count). The van der Waals surface area contributed by atoms with E-state index in [1.54, 1.807) is 11.9 Å². The van der Waals surface area contributed by atoms with Crippen LogP contribution < -0.4 is 4.90 Å². The monoisotopic (exact) mass is 242 g/mol. The number of likely N-dealkylation sites (N-methyl/N-ethyl adjacent to an activating group) is 1. The molecule has 0 radical (unpaired) electrons. The summed E-state index contributed by atoms with van der Waals surface area (Å²) in [4.78, 5) is 5.31. The van der Waals surface area contributed by atoms with E-state index < -0.39 is 11.9 Å². The normalized spacial score (nSPS) is 18.5. The van der Waals surface area contributed by atoms with Gasteiger partial charge in [-0.15, -0.1) is 0 Å². The van der Waals surface area contributed by atoms with E-state index in [1.807, 2.05) is 13.8 Å². The summed E-state index contributed by atoms with van der Waals surface area (Å²) in [5, 5.41) is 0. The molecule has 1 aromatic heterocycles. The Hall–Kier alpha value is -1.52. The van der Waals surface area contributed by atoms with E-state index in [-0.39, 0.29) is 5.41 Å². The lowest BCUT2D eigenvalue weighted by molar-refractivity contribution is -0.141. The summed E-state index contributed by atoms with van der Waals surface area (Å²) in [7, 11) is 1.68. The molecule has 2 nitrogen and oxygen atoms in total. The predicted octanol–water partition coefficient (Wildman–Crippen LogP) is 3.34. The van der Waals surface area contributed by atoms with Crippen molar-refractivity contribution in [1.29, 1.82) is 0 Å². The molecule has 0 amide bonds. The van der Waals surface area contributed by atoms with Crippen LogP contribution in [-0.4, -0.2) is 12.0 Å². The lowest BCUT2D eigenvalue weighted by atomic mass is 9.85. The quantitative estimate of drug-likeness (QED) is 0.693. The lowest BCUT2D eigenvalue weighted by Crippen LogP contribution is -2.21. The van der Waals surface area contributed by atoms with Gasteiger partial charge in [0.15, 0.2) is 0 Å². The number of fused-ring (bicyclic) bond motifs is 1. The van der Waals surface area contributed by atoms with Crippen LogP contribution in [0.15, 0.2) is 24.4 Å². The zero-order valence-electron chi connectivity index (χ0n) is 9.89. The molecule has 0 saturated heterocycles. The Kier molecular flexibility index (Phi) is 2.28. The van der Waals surface area contributed by atoms with Crippen molar-refractivity contribution < 1.29 is 13.2 Å². The smallest absolute Gasteiger partial charge is 0.333 e. The summed E-state index contributed by atoms with van der Waals surface area (Å²) in [6, 6.07) is 2.51.